The normalized spacial score (nSPS) is 18.9. The SMILES string of the molecule is Cc1cc2c(c(C)c1Cl)C=C[C@](C(C)OC(=O)OCC(C)(C)CO[N+](=O)[O-])(C(F)(F)F)O2. The lowest BCUT2D eigenvalue weighted by Gasteiger charge is -2.40. The van der Waals surface area contributed by atoms with Crippen LogP contribution in [0.5, 0.6) is 5.75 Å². The van der Waals surface area contributed by atoms with E-state index in [0.29, 0.717) is 21.7 Å². The van der Waals surface area contributed by atoms with Gasteiger partial charge in [-0.25, -0.2) is 4.79 Å². The van der Waals surface area contributed by atoms with Gasteiger partial charge in [-0.15, -0.1) is 10.1 Å². The molecule has 178 valence electrons. The van der Waals surface area contributed by atoms with Gasteiger partial charge in [-0.3, -0.25) is 0 Å². The van der Waals surface area contributed by atoms with Crippen LogP contribution >= 0.6 is 11.6 Å². The second-order valence-electron chi connectivity index (χ2n) is 8.23. The molecule has 0 bridgehead atoms. The molecular formula is C20H23ClF3NO7. The molecule has 0 aliphatic carbocycles. The highest BCUT2D eigenvalue weighted by molar-refractivity contribution is 6.32. The van der Waals surface area contributed by atoms with E-state index < -0.39 is 34.5 Å². The van der Waals surface area contributed by atoms with Crippen molar-refractivity contribution in [2.45, 2.75) is 52.5 Å². The first-order valence-electron chi connectivity index (χ1n) is 9.45. The fraction of sp³-hybridized carbons (Fsp3) is 0.550. The molecule has 0 radical (unpaired) electrons. The lowest BCUT2D eigenvalue weighted by atomic mass is 9.90. The summed E-state index contributed by atoms with van der Waals surface area (Å²) in [5.41, 5.74) is -2.47. The molecule has 2 atom stereocenters. The minimum absolute atomic E-state index is 0.0499. The molecule has 0 N–H and O–H groups in total. The molecule has 32 heavy (non-hydrogen) atoms. The molecular weight excluding hydrogens is 459 g/mol. The Hall–Kier alpha value is -2.69. The maximum atomic E-state index is 14.1. The number of alkyl halides is 3. The molecule has 0 aromatic heterocycles. The Kier molecular flexibility index (Phi) is 7.23. The fourth-order valence-electron chi connectivity index (χ4n) is 3.04. The van der Waals surface area contributed by atoms with Gasteiger partial charge in [0.25, 0.3) is 10.7 Å². The molecule has 8 nitrogen and oxygen atoms in total. The van der Waals surface area contributed by atoms with E-state index in [-0.39, 0.29) is 19.0 Å². The predicted octanol–water partition coefficient (Wildman–Crippen LogP) is 5.44. The molecule has 2 rings (SSSR count). The van der Waals surface area contributed by atoms with E-state index in [1.54, 1.807) is 13.8 Å². The lowest BCUT2D eigenvalue weighted by molar-refractivity contribution is -0.760. The summed E-state index contributed by atoms with van der Waals surface area (Å²) in [5, 5.41) is 9.71. The number of fused-ring (bicyclic) bond motifs is 1. The monoisotopic (exact) mass is 481 g/mol. The third-order valence-electron chi connectivity index (χ3n) is 4.93. The Morgan fingerprint density at radius 2 is 1.94 bits per heavy atom. The summed E-state index contributed by atoms with van der Waals surface area (Å²) in [5.74, 6) is -0.0499. The predicted molar refractivity (Wildman–Crippen MR) is 108 cm³/mol. The largest absolute Gasteiger partial charge is 0.508 e. The van der Waals surface area contributed by atoms with E-state index in [1.165, 1.54) is 26.0 Å². The van der Waals surface area contributed by atoms with Crippen LogP contribution in [-0.2, 0) is 14.3 Å². The smallest absolute Gasteiger partial charge is 0.469 e. The Morgan fingerprint density at radius 1 is 1.31 bits per heavy atom. The van der Waals surface area contributed by atoms with Crippen molar-refractivity contribution in [3.8, 4) is 5.75 Å². The van der Waals surface area contributed by atoms with Crippen LogP contribution in [0.25, 0.3) is 6.08 Å². The van der Waals surface area contributed by atoms with Gasteiger partial charge in [-0.05, 0) is 44.0 Å². The molecule has 1 aliphatic heterocycles. The van der Waals surface area contributed by atoms with Crippen LogP contribution in [0.3, 0.4) is 0 Å². The van der Waals surface area contributed by atoms with Gasteiger partial charge < -0.3 is 19.0 Å². The Bertz CT molecular complexity index is 933. The number of hydrogen-bond donors (Lipinski definition) is 0. The average Bonchev–Trinajstić information content (AvgIpc) is 2.68. The van der Waals surface area contributed by atoms with Crippen molar-refractivity contribution < 1.29 is 42.1 Å². The Morgan fingerprint density at radius 3 is 2.50 bits per heavy atom. The van der Waals surface area contributed by atoms with Gasteiger partial charge >= 0.3 is 12.3 Å². The van der Waals surface area contributed by atoms with Gasteiger partial charge in [0.15, 0.2) is 6.10 Å². The molecule has 1 aromatic rings. The van der Waals surface area contributed by atoms with Crippen molar-refractivity contribution in [3.05, 3.63) is 44.0 Å². The summed E-state index contributed by atoms with van der Waals surface area (Å²) in [6, 6.07) is 1.39. The second kappa shape index (κ2) is 9.05. The zero-order valence-corrected chi connectivity index (χ0v) is 18.8. The van der Waals surface area contributed by atoms with Crippen molar-refractivity contribution in [3.63, 3.8) is 0 Å². The van der Waals surface area contributed by atoms with Crippen molar-refractivity contribution in [1.29, 1.82) is 0 Å². The van der Waals surface area contributed by atoms with Crippen molar-refractivity contribution in [2.24, 2.45) is 5.41 Å². The molecule has 0 fully saturated rings. The molecule has 1 heterocycles. The summed E-state index contributed by atoms with van der Waals surface area (Å²) >= 11 is 6.17. The van der Waals surface area contributed by atoms with Gasteiger partial charge in [0.2, 0.25) is 0 Å². The van der Waals surface area contributed by atoms with Crippen LogP contribution in [0.1, 0.15) is 37.5 Å². The van der Waals surface area contributed by atoms with Gasteiger partial charge in [-0.2, -0.15) is 13.2 Å². The summed E-state index contributed by atoms with van der Waals surface area (Å²) in [4.78, 5) is 26.6. The minimum atomic E-state index is -4.94. The number of carbonyl (C=O) groups is 1. The number of aryl methyl sites for hydroxylation is 1. The number of halogens is 4. The molecule has 0 spiro atoms. The quantitative estimate of drug-likeness (QED) is 0.290. The van der Waals surface area contributed by atoms with E-state index in [1.807, 2.05) is 0 Å². The zero-order chi connectivity index (χ0) is 24.5. The van der Waals surface area contributed by atoms with E-state index >= 15 is 0 Å². The molecule has 1 unspecified atom stereocenters. The molecule has 12 heteroatoms. The highest BCUT2D eigenvalue weighted by Crippen LogP contribution is 2.46. The van der Waals surface area contributed by atoms with Crippen molar-refractivity contribution in [2.75, 3.05) is 13.2 Å². The van der Waals surface area contributed by atoms with Crippen LogP contribution < -0.4 is 4.74 Å². The molecule has 0 amide bonds. The number of rotatable bonds is 7. The number of carbonyl (C=O) groups excluding carboxylic acids is 1. The zero-order valence-electron chi connectivity index (χ0n) is 18.0. The highest BCUT2D eigenvalue weighted by Gasteiger charge is 2.62. The first-order valence-corrected chi connectivity index (χ1v) is 9.83. The summed E-state index contributed by atoms with van der Waals surface area (Å²) < 4.78 is 57.4. The van der Waals surface area contributed by atoms with E-state index in [9.17, 15) is 28.1 Å². The molecule has 1 aliphatic rings. The highest BCUT2D eigenvalue weighted by atomic mass is 35.5. The van der Waals surface area contributed by atoms with Crippen LogP contribution in [0.2, 0.25) is 5.02 Å². The van der Waals surface area contributed by atoms with Crippen LogP contribution in [0.4, 0.5) is 18.0 Å². The van der Waals surface area contributed by atoms with Gasteiger partial charge in [0.1, 0.15) is 19.0 Å². The lowest BCUT2D eigenvalue weighted by Crippen LogP contribution is -2.58. The van der Waals surface area contributed by atoms with Crippen molar-refractivity contribution >= 4 is 23.8 Å². The fourth-order valence-corrected chi connectivity index (χ4v) is 3.20. The minimum Gasteiger partial charge on any atom is -0.469 e. The van der Waals surface area contributed by atoms with E-state index in [4.69, 9.17) is 25.8 Å². The van der Waals surface area contributed by atoms with E-state index in [0.717, 1.165) is 13.0 Å². The summed E-state index contributed by atoms with van der Waals surface area (Å²) in [6.45, 7) is 6.55. The van der Waals surface area contributed by atoms with E-state index in [2.05, 4.69) is 4.84 Å². The summed E-state index contributed by atoms with van der Waals surface area (Å²) in [6.07, 6.45) is -6.14. The van der Waals surface area contributed by atoms with Gasteiger partial charge in [0, 0.05) is 16.0 Å². The van der Waals surface area contributed by atoms with Crippen molar-refractivity contribution in [1.82, 2.24) is 0 Å². The summed E-state index contributed by atoms with van der Waals surface area (Å²) in [7, 11) is 0. The maximum Gasteiger partial charge on any atom is 0.508 e. The number of nitrogens with zero attached hydrogens (tertiary/aromatic N) is 1. The first kappa shape index (κ1) is 25.6. The van der Waals surface area contributed by atoms with Gasteiger partial charge in [0.05, 0.1) is 0 Å². The Balaban J connectivity index is 2.20. The van der Waals surface area contributed by atoms with Crippen LogP contribution in [0, 0.1) is 29.4 Å². The molecule has 0 saturated heterocycles. The number of hydrogen-bond acceptors (Lipinski definition) is 7. The Labute approximate surface area is 187 Å². The standard InChI is InChI=1S/C20H23ClF3NO7/c1-11-8-15-14(12(2)16(11)21)6-7-19(32-15,20(22,23)24)13(3)31-17(26)29-9-18(4,5)10-30-25(27)28/h6-8,13H,9-10H2,1-5H3/t13?,19-/m0/s1. The third-order valence-corrected chi connectivity index (χ3v) is 5.51. The maximum absolute atomic E-state index is 14.1. The molecule has 1 aromatic carbocycles. The van der Waals surface area contributed by atoms with Crippen LogP contribution in [0.15, 0.2) is 12.1 Å². The number of ether oxygens (including phenoxy) is 3. The average molecular weight is 482 g/mol. The second-order valence-corrected chi connectivity index (χ2v) is 8.61. The van der Waals surface area contributed by atoms with Gasteiger partial charge in [-0.1, -0.05) is 31.5 Å². The third kappa shape index (κ3) is 5.37. The van der Waals surface area contributed by atoms with Crippen LogP contribution in [-0.4, -0.2) is 42.3 Å². The molecule has 0 saturated carbocycles. The first-order chi connectivity index (χ1) is 14.6. The topological polar surface area (TPSA) is 97.1 Å². The number of benzene rings is 1.